The van der Waals surface area contributed by atoms with Crippen molar-refractivity contribution in [2.24, 2.45) is 0 Å². The van der Waals surface area contributed by atoms with Crippen molar-refractivity contribution in [1.82, 2.24) is 19.9 Å². The minimum absolute atomic E-state index is 0.0578. The molecule has 0 aliphatic heterocycles. The number of thiophene rings is 2. The van der Waals surface area contributed by atoms with Gasteiger partial charge in [-0.2, -0.15) is 0 Å². The molecule has 4 heterocycles. The molecule has 5 nitrogen and oxygen atoms in total. The van der Waals surface area contributed by atoms with Gasteiger partial charge < -0.3 is 4.98 Å². The standard InChI is InChI=1S/C18H16N4OS3/c1-9-19-17(14-10-4-2-3-5-12(10)26-18(14)20-9)25-8-13-21-11-6-7-24-15(11)16(23)22-13/h6-7H,2-5,8H2,1H3,(H,21,22,23). The second-order valence-corrected chi connectivity index (χ2v) is 9.37. The van der Waals surface area contributed by atoms with Crippen molar-refractivity contribution in [3.63, 3.8) is 0 Å². The van der Waals surface area contributed by atoms with E-state index in [1.54, 1.807) is 11.8 Å². The van der Waals surface area contributed by atoms with Crippen LogP contribution in [0.25, 0.3) is 20.4 Å². The third-order valence-electron chi connectivity index (χ3n) is 4.60. The number of aromatic nitrogens is 4. The van der Waals surface area contributed by atoms with Gasteiger partial charge in [0.25, 0.3) is 5.56 Å². The quantitative estimate of drug-likeness (QED) is 0.406. The highest BCUT2D eigenvalue weighted by Crippen LogP contribution is 2.40. The van der Waals surface area contributed by atoms with E-state index in [0.29, 0.717) is 16.3 Å². The van der Waals surface area contributed by atoms with Crippen molar-refractivity contribution in [3.8, 4) is 0 Å². The van der Waals surface area contributed by atoms with Crippen LogP contribution < -0.4 is 5.56 Å². The summed E-state index contributed by atoms with van der Waals surface area (Å²) >= 11 is 4.88. The van der Waals surface area contributed by atoms with E-state index in [9.17, 15) is 4.79 Å². The molecule has 132 valence electrons. The van der Waals surface area contributed by atoms with E-state index in [-0.39, 0.29) is 5.56 Å². The number of H-pyrrole nitrogens is 1. The first-order valence-electron chi connectivity index (χ1n) is 8.57. The average Bonchev–Trinajstić information content (AvgIpc) is 3.23. The Kier molecular flexibility index (Phi) is 4.06. The lowest BCUT2D eigenvalue weighted by Gasteiger charge is -2.11. The van der Waals surface area contributed by atoms with E-state index in [2.05, 4.69) is 15.0 Å². The molecule has 0 saturated carbocycles. The van der Waals surface area contributed by atoms with E-state index in [0.717, 1.165) is 34.0 Å². The third-order valence-corrected chi connectivity index (χ3v) is 7.68. The molecule has 0 saturated heterocycles. The Labute approximate surface area is 161 Å². The molecule has 0 radical (unpaired) electrons. The first kappa shape index (κ1) is 16.4. The molecule has 0 fully saturated rings. The van der Waals surface area contributed by atoms with E-state index in [1.807, 2.05) is 29.7 Å². The predicted octanol–water partition coefficient (Wildman–Crippen LogP) is 4.47. The molecule has 26 heavy (non-hydrogen) atoms. The SMILES string of the molecule is Cc1nc(SCc2nc3ccsc3c(=O)[nH]2)c2c3c(sc2n1)CCCC3. The average molecular weight is 401 g/mol. The fourth-order valence-corrected chi connectivity index (χ4v) is 6.52. The lowest BCUT2D eigenvalue weighted by molar-refractivity contribution is 0.699. The highest BCUT2D eigenvalue weighted by molar-refractivity contribution is 7.98. The molecule has 1 aliphatic carbocycles. The number of rotatable bonds is 3. The molecule has 1 N–H and O–H groups in total. The van der Waals surface area contributed by atoms with Crippen LogP contribution in [0.1, 0.15) is 34.9 Å². The lowest BCUT2D eigenvalue weighted by atomic mass is 9.97. The van der Waals surface area contributed by atoms with Crippen LogP contribution in [-0.4, -0.2) is 19.9 Å². The first-order chi connectivity index (χ1) is 12.7. The zero-order valence-corrected chi connectivity index (χ0v) is 16.6. The van der Waals surface area contributed by atoms with Gasteiger partial charge in [-0.1, -0.05) is 11.8 Å². The molecule has 0 atom stereocenters. The minimum Gasteiger partial charge on any atom is -0.309 e. The summed E-state index contributed by atoms with van der Waals surface area (Å²) in [5, 5.41) is 4.14. The summed E-state index contributed by atoms with van der Waals surface area (Å²) in [7, 11) is 0. The summed E-state index contributed by atoms with van der Waals surface area (Å²) in [5.74, 6) is 2.09. The maximum atomic E-state index is 12.2. The van der Waals surface area contributed by atoms with Crippen LogP contribution in [0.4, 0.5) is 0 Å². The van der Waals surface area contributed by atoms with Gasteiger partial charge in [-0.3, -0.25) is 4.79 Å². The van der Waals surface area contributed by atoms with Crippen molar-refractivity contribution in [2.45, 2.75) is 43.4 Å². The van der Waals surface area contributed by atoms with Crippen molar-refractivity contribution in [3.05, 3.63) is 43.9 Å². The number of nitrogens with one attached hydrogen (secondary N) is 1. The molecule has 4 aromatic rings. The van der Waals surface area contributed by atoms with Crippen LogP contribution in [0.2, 0.25) is 0 Å². The summed E-state index contributed by atoms with van der Waals surface area (Å²) in [4.78, 5) is 31.6. The number of nitrogens with zero attached hydrogens (tertiary/aromatic N) is 3. The molecule has 0 unspecified atom stereocenters. The summed E-state index contributed by atoms with van der Waals surface area (Å²) < 4.78 is 0.686. The van der Waals surface area contributed by atoms with E-state index >= 15 is 0 Å². The largest absolute Gasteiger partial charge is 0.309 e. The molecule has 0 aromatic carbocycles. The van der Waals surface area contributed by atoms with Gasteiger partial charge >= 0.3 is 0 Å². The van der Waals surface area contributed by atoms with Gasteiger partial charge in [-0.05, 0) is 49.6 Å². The highest BCUT2D eigenvalue weighted by atomic mass is 32.2. The second-order valence-electron chi connectivity index (χ2n) is 6.40. The molecule has 0 spiro atoms. The van der Waals surface area contributed by atoms with Gasteiger partial charge in [-0.25, -0.2) is 15.0 Å². The smallest absolute Gasteiger partial charge is 0.268 e. The summed E-state index contributed by atoms with van der Waals surface area (Å²) in [5.41, 5.74) is 2.15. The van der Waals surface area contributed by atoms with Gasteiger partial charge in [0.2, 0.25) is 0 Å². The number of aryl methyl sites for hydroxylation is 3. The zero-order chi connectivity index (χ0) is 17.7. The number of thioether (sulfide) groups is 1. The Morgan fingerprint density at radius 1 is 1.23 bits per heavy atom. The Bertz CT molecular complexity index is 1190. The molecule has 5 rings (SSSR count). The van der Waals surface area contributed by atoms with Crippen LogP contribution in [0.3, 0.4) is 0 Å². The second kappa shape index (κ2) is 6.44. The van der Waals surface area contributed by atoms with E-state index in [1.165, 1.54) is 40.0 Å². The van der Waals surface area contributed by atoms with Crippen molar-refractivity contribution in [2.75, 3.05) is 0 Å². The summed E-state index contributed by atoms with van der Waals surface area (Å²) in [6.07, 6.45) is 4.77. The van der Waals surface area contributed by atoms with Crippen LogP contribution in [0.5, 0.6) is 0 Å². The maximum Gasteiger partial charge on any atom is 0.268 e. The molecule has 8 heteroatoms. The van der Waals surface area contributed by atoms with Gasteiger partial charge in [0.15, 0.2) is 0 Å². The van der Waals surface area contributed by atoms with E-state index in [4.69, 9.17) is 4.98 Å². The van der Waals surface area contributed by atoms with Crippen LogP contribution in [0, 0.1) is 6.92 Å². The van der Waals surface area contributed by atoms with Gasteiger partial charge in [0, 0.05) is 10.3 Å². The topological polar surface area (TPSA) is 71.5 Å². The molecule has 1 aliphatic rings. The fraction of sp³-hybridized carbons (Fsp3) is 0.333. The van der Waals surface area contributed by atoms with Gasteiger partial charge in [0.05, 0.1) is 11.3 Å². The fourth-order valence-electron chi connectivity index (χ4n) is 3.46. The molecule has 0 amide bonds. The van der Waals surface area contributed by atoms with Crippen molar-refractivity contribution >= 4 is 54.9 Å². The number of aromatic amines is 1. The van der Waals surface area contributed by atoms with E-state index < -0.39 is 0 Å². The first-order valence-corrected chi connectivity index (χ1v) is 11.3. The summed E-state index contributed by atoms with van der Waals surface area (Å²) in [6, 6.07) is 1.89. The van der Waals surface area contributed by atoms with Crippen LogP contribution in [-0.2, 0) is 18.6 Å². The van der Waals surface area contributed by atoms with Crippen molar-refractivity contribution < 1.29 is 0 Å². The number of hydrogen-bond donors (Lipinski definition) is 1. The molecular formula is C18H16N4OS3. The molecule has 4 aromatic heterocycles. The lowest BCUT2D eigenvalue weighted by Crippen LogP contribution is -2.09. The maximum absolute atomic E-state index is 12.2. The van der Waals surface area contributed by atoms with Crippen molar-refractivity contribution in [1.29, 1.82) is 0 Å². The Morgan fingerprint density at radius 3 is 3.04 bits per heavy atom. The van der Waals surface area contributed by atoms with Gasteiger partial charge in [0.1, 0.15) is 26.2 Å². The minimum atomic E-state index is -0.0578. The summed E-state index contributed by atoms with van der Waals surface area (Å²) in [6.45, 7) is 1.94. The Balaban J connectivity index is 1.54. The number of hydrogen-bond acceptors (Lipinski definition) is 7. The zero-order valence-electron chi connectivity index (χ0n) is 14.2. The Morgan fingerprint density at radius 2 is 2.12 bits per heavy atom. The predicted molar refractivity (Wildman–Crippen MR) is 109 cm³/mol. The van der Waals surface area contributed by atoms with Gasteiger partial charge in [-0.15, -0.1) is 22.7 Å². The third kappa shape index (κ3) is 2.76. The van der Waals surface area contributed by atoms with Crippen LogP contribution in [0.15, 0.2) is 21.3 Å². The number of fused-ring (bicyclic) bond motifs is 4. The van der Waals surface area contributed by atoms with Crippen LogP contribution >= 0.6 is 34.4 Å². The Hall–Kier alpha value is -1.77. The molecular weight excluding hydrogens is 384 g/mol. The normalized spacial score (nSPS) is 14.2. The monoisotopic (exact) mass is 400 g/mol. The molecule has 0 bridgehead atoms. The highest BCUT2D eigenvalue weighted by Gasteiger charge is 2.21.